The number of amides is 2. The molecule has 3 fully saturated rings. The van der Waals surface area contributed by atoms with Gasteiger partial charge >= 0.3 is 6.03 Å². The second-order valence-electron chi connectivity index (χ2n) is 12.2. The number of pyridine rings is 1. The van der Waals surface area contributed by atoms with E-state index in [2.05, 4.69) is 27.2 Å². The molecule has 0 radical (unpaired) electrons. The van der Waals surface area contributed by atoms with Crippen LogP contribution in [0.5, 0.6) is 0 Å². The summed E-state index contributed by atoms with van der Waals surface area (Å²) in [6.07, 6.45) is 12.2. The Morgan fingerprint density at radius 1 is 0.923 bits per heavy atom. The Hall–Kier alpha value is -2.67. The number of anilines is 1. The van der Waals surface area contributed by atoms with E-state index >= 15 is 0 Å². The topological polar surface area (TPSA) is 51.7 Å². The van der Waals surface area contributed by atoms with Crippen molar-refractivity contribution in [1.82, 2.24) is 20.1 Å². The van der Waals surface area contributed by atoms with Crippen molar-refractivity contribution in [1.29, 1.82) is 0 Å². The standard InChI is InChI=1S/C32H46FN5O/c1-36(2)32(39)34-29-14-8-24(9-15-29)16-17-37-18-20-38(21-19-37)31-23-27(25-10-12-28(33)13-11-25)22-30(35-31)26-6-4-3-5-7-26/h10-13,22-24,26,29H,3-9,14-21H2,1-2H3,(H,34,39)/t24-,29-. The summed E-state index contributed by atoms with van der Waals surface area (Å²) in [5.41, 5.74) is 3.43. The van der Waals surface area contributed by atoms with Crippen molar-refractivity contribution in [3.63, 3.8) is 0 Å². The van der Waals surface area contributed by atoms with Gasteiger partial charge in [0.15, 0.2) is 0 Å². The lowest BCUT2D eigenvalue weighted by atomic mass is 9.84. The highest BCUT2D eigenvalue weighted by Crippen LogP contribution is 2.35. The monoisotopic (exact) mass is 535 g/mol. The Morgan fingerprint density at radius 3 is 2.28 bits per heavy atom. The molecule has 2 heterocycles. The van der Waals surface area contributed by atoms with Crippen molar-refractivity contribution >= 4 is 11.8 Å². The summed E-state index contributed by atoms with van der Waals surface area (Å²) in [6.45, 7) is 5.27. The van der Waals surface area contributed by atoms with E-state index < -0.39 is 0 Å². The van der Waals surface area contributed by atoms with E-state index in [1.54, 1.807) is 31.1 Å². The van der Waals surface area contributed by atoms with Gasteiger partial charge in [-0.3, -0.25) is 4.90 Å². The number of piperazine rings is 1. The molecule has 1 aromatic carbocycles. The zero-order valence-corrected chi connectivity index (χ0v) is 23.9. The van der Waals surface area contributed by atoms with Crippen molar-refractivity contribution in [3.8, 4) is 11.1 Å². The minimum atomic E-state index is -0.194. The number of hydrogen-bond donors (Lipinski definition) is 1. The third-order valence-corrected chi connectivity index (χ3v) is 9.16. The lowest BCUT2D eigenvalue weighted by molar-refractivity contribution is 0.194. The molecule has 0 spiro atoms. The quantitative estimate of drug-likeness (QED) is 0.454. The number of carbonyl (C=O) groups excluding carboxylic acids is 1. The van der Waals surface area contributed by atoms with Gasteiger partial charge in [0.2, 0.25) is 0 Å². The number of carbonyl (C=O) groups is 1. The van der Waals surface area contributed by atoms with Crippen LogP contribution in [0.1, 0.15) is 75.8 Å². The lowest BCUT2D eigenvalue weighted by Crippen LogP contribution is -2.47. The molecular weight excluding hydrogens is 489 g/mol. The minimum absolute atomic E-state index is 0.0277. The van der Waals surface area contributed by atoms with Gasteiger partial charge in [0.25, 0.3) is 0 Å². The van der Waals surface area contributed by atoms with E-state index in [4.69, 9.17) is 4.98 Å². The molecule has 1 aliphatic heterocycles. The molecule has 0 atom stereocenters. The Kier molecular flexibility index (Phi) is 9.38. The van der Waals surface area contributed by atoms with Crippen LogP contribution < -0.4 is 10.2 Å². The molecule has 3 aliphatic rings. The maximum absolute atomic E-state index is 13.6. The third-order valence-electron chi connectivity index (χ3n) is 9.16. The van der Waals surface area contributed by atoms with Gasteiger partial charge in [0, 0.05) is 57.9 Å². The van der Waals surface area contributed by atoms with Crippen LogP contribution in [0.15, 0.2) is 36.4 Å². The Balaban J connectivity index is 1.15. The van der Waals surface area contributed by atoms with Crippen molar-refractivity contribution in [2.75, 3.05) is 51.7 Å². The van der Waals surface area contributed by atoms with Gasteiger partial charge in [-0.1, -0.05) is 31.4 Å². The summed E-state index contributed by atoms with van der Waals surface area (Å²) in [6, 6.07) is 11.7. The molecule has 1 saturated heterocycles. The van der Waals surface area contributed by atoms with Crippen molar-refractivity contribution in [2.24, 2.45) is 5.92 Å². The molecule has 1 N–H and O–H groups in total. The fourth-order valence-corrected chi connectivity index (χ4v) is 6.58. The smallest absolute Gasteiger partial charge is 0.317 e. The van der Waals surface area contributed by atoms with Gasteiger partial charge < -0.3 is 15.1 Å². The largest absolute Gasteiger partial charge is 0.354 e. The van der Waals surface area contributed by atoms with Gasteiger partial charge in [-0.2, -0.15) is 0 Å². The average molecular weight is 536 g/mol. The Morgan fingerprint density at radius 2 is 1.62 bits per heavy atom. The number of benzene rings is 1. The van der Waals surface area contributed by atoms with Crippen LogP contribution in [-0.2, 0) is 0 Å². The summed E-state index contributed by atoms with van der Waals surface area (Å²) in [5, 5.41) is 3.15. The molecule has 5 rings (SSSR count). The van der Waals surface area contributed by atoms with Crippen LogP contribution in [0, 0.1) is 11.7 Å². The number of nitrogens with zero attached hydrogens (tertiary/aromatic N) is 4. The molecule has 2 amide bonds. The van der Waals surface area contributed by atoms with Crippen LogP contribution in [-0.4, -0.2) is 73.7 Å². The first-order valence-corrected chi connectivity index (χ1v) is 15.2. The van der Waals surface area contributed by atoms with E-state index in [0.29, 0.717) is 12.0 Å². The van der Waals surface area contributed by atoms with E-state index in [0.717, 1.165) is 68.4 Å². The molecule has 2 aliphatic carbocycles. The third kappa shape index (κ3) is 7.50. The highest BCUT2D eigenvalue weighted by atomic mass is 19.1. The average Bonchev–Trinajstić information content (AvgIpc) is 2.97. The summed E-state index contributed by atoms with van der Waals surface area (Å²) in [5.74, 6) is 2.18. The number of rotatable bonds is 7. The first-order chi connectivity index (χ1) is 18.9. The molecule has 7 heteroatoms. The van der Waals surface area contributed by atoms with Crippen LogP contribution in [0.4, 0.5) is 15.0 Å². The molecule has 212 valence electrons. The maximum Gasteiger partial charge on any atom is 0.317 e. The van der Waals surface area contributed by atoms with E-state index in [9.17, 15) is 9.18 Å². The number of halogens is 1. The first-order valence-electron chi connectivity index (χ1n) is 15.2. The molecule has 2 aromatic rings. The number of hydrogen-bond acceptors (Lipinski definition) is 4. The summed E-state index contributed by atoms with van der Waals surface area (Å²) < 4.78 is 13.6. The predicted octanol–water partition coefficient (Wildman–Crippen LogP) is 6.28. The second kappa shape index (κ2) is 13.1. The predicted molar refractivity (Wildman–Crippen MR) is 157 cm³/mol. The van der Waals surface area contributed by atoms with E-state index in [-0.39, 0.29) is 11.8 Å². The first kappa shape index (κ1) is 27.9. The van der Waals surface area contributed by atoms with Crippen LogP contribution in [0.2, 0.25) is 0 Å². The molecule has 2 saturated carbocycles. The lowest BCUT2D eigenvalue weighted by Gasteiger charge is -2.37. The van der Waals surface area contributed by atoms with Crippen LogP contribution >= 0.6 is 0 Å². The van der Waals surface area contributed by atoms with Gasteiger partial charge in [-0.05, 0) is 92.8 Å². The minimum Gasteiger partial charge on any atom is -0.354 e. The molecule has 0 bridgehead atoms. The number of aromatic nitrogens is 1. The Labute approximate surface area is 234 Å². The van der Waals surface area contributed by atoms with Crippen LogP contribution in [0.25, 0.3) is 11.1 Å². The molecular formula is C32H46FN5O. The number of nitrogens with one attached hydrogen (secondary N) is 1. The normalized spacial score (nSPS) is 23.0. The fourth-order valence-electron chi connectivity index (χ4n) is 6.58. The molecule has 6 nitrogen and oxygen atoms in total. The van der Waals surface area contributed by atoms with E-state index in [1.165, 1.54) is 57.1 Å². The van der Waals surface area contributed by atoms with Crippen LogP contribution in [0.3, 0.4) is 0 Å². The fraction of sp³-hybridized carbons (Fsp3) is 0.625. The van der Waals surface area contributed by atoms with Gasteiger partial charge in [0.1, 0.15) is 11.6 Å². The Bertz CT molecular complexity index is 1070. The SMILES string of the molecule is CN(C)C(=O)N[C@H]1CC[C@H](CCN2CCN(c3cc(-c4ccc(F)cc4)cc(C4CCCCC4)n3)CC2)CC1. The molecule has 0 unspecified atom stereocenters. The van der Waals surface area contributed by atoms with Gasteiger partial charge in [-0.15, -0.1) is 0 Å². The highest BCUT2D eigenvalue weighted by Gasteiger charge is 2.25. The zero-order chi connectivity index (χ0) is 27.2. The van der Waals surface area contributed by atoms with Crippen molar-refractivity contribution in [2.45, 2.75) is 76.2 Å². The molecule has 39 heavy (non-hydrogen) atoms. The summed E-state index contributed by atoms with van der Waals surface area (Å²) >= 11 is 0. The van der Waals surface area contributed by atoms with Crippen molar-refractivity contribution in [3.05, 3.63) is 47.9 Å². The van der Waals surface area contributed by atoms with Crippen molar-refractivity contribution < 1.29 is 9.18 Å². The second-order valence-corrected chi connectivity index (χ2v) is 12.2. The van der Waals surface area contributed by atoms with Gasteiger partial charge in [0.05, 0.1) is 0 Å². The van der Waals surface area contributed by atoms with E-state index in [1.807, 2.05) is 12.1 Å². The number of urea groups is 1. The highest BCUT2D eigenvalue weighted by molar-refractivity contribution is 5.73. The zero-order valence-electron chi connectivity index (χ0n) is 23.9. The van der Waals surface area contributed by atoms with Gasteiger partial charge in [-0.25, -0.2) is 14.2 Å². The molecule has 1 aromatic heterocycles. The maximum atomic E-state index is 13.6. The summed E-state index contributed by atoms with van der Waals surface area (Å²) in [4.78, 5) is 23.8. The summed E-state index contributed by atoms with van der Waals surface area (Å²) in [7, 11) is 3.60.